The second-order valence-electron chi connectivity index (χ2n) is 4.05. The van der Waals surface area contributed by atoms with E-state index in [1.165, 1.54) is 23.0 Å². The Labute approximate surface area is 124 Å². The Kier molecular flexibility index (Phi) is 4.13. The summed E-state index contributed by atoms with van der Waals surface area (Å²) in [6.07, 6.45) is 1.27. The lowest BCUT2D eigenvalue weighted by atomic mass is 10.2. The van der Waals surface area contributed by atoms with Crippen molar-refractivity contribution >= 4 is 29.4 Å². The molecule has 2 aromatic rings. The summed E-state index contributed by atoms with van der Waals surface area (Å²) >= 11 is 5.80. The lowest BCUT2D eigenvalue weighted by molar-refractivity contribution is 0.0527. The van der Waals surface area contributed by atoms with Crippen LogP contribution in [-0.4, -0.2) is 33.4 Å². The molecule has 0 aliphatic heterocycles. The highest BCUT2D eigenvalue weighted by molar-refractivity contribution is 6.33. The molecule has 0 aliphatic carbocycles. The number of nitrogens with two attached hydrogens (primary N) is 1. The van der Waals surface area contributed by atoms with E-state index in [0.717, 1.165) is 0 Å². The van der Waals surface area contributed by atoms with Crippen molar-refractivity contribution in [2.45, 2.75) is 6.92 Å². The summed E-state index contributed by atoms with van der Waals surface area (Å²) in [4.78, 5) is 22.7. The molecule has 1 aromatic carbocycles. The van der Waals surface area contributed by atoms with Crippen molar-refractivity contribution < 1.29 is 19.4 Å². The number of halogens is 1. The maximum atomic E-state index is 11.7. The van der Waals surface area contributed by atoms with E-state index in [0.29, 0.717) is 5.69 Å². The minimum absolute atomic E-state index is 0.0621. The molecule has 1 heterocycles. The fourth-order valence-corrected chi connectivity index (χ4v) is 1.94. The lowest BCUT2D eigenvalue weighted by Crippen LogP contribution is -2.09. The van der Waals surface area contributed by atoms with Gasteiger partial charge in [-0.05, 0) is 25.1 Å². The summed E-state index contributed by atoms with van der Waals surface area (Å²) in [6.45, 7) is 1.89. The first-order valence-corrected chi connectivity index (χ1v) is 6.37. The van der Waals surface area contributed by atoms with Gasteiger partial charge in [0.25, 0.3) is 0 Å². The van der Waals surface area contributed by atoms with Crippen LogP contribution in [0.2, 0.25) is 5.02 Å². The van der Waals surface area contributed by atoms with Gasteiger partial charge in [0, 0.05) is 0 Å². The van der Waals surface area contributed by atoms with E-state index in [9.17, 15) is 9.59 Å². The van der Waals surface area contributed by atoms with Gasteiger partial charge in [-0.15, -0.1) is 0 Å². The molecule has 0 bridgehead atoms. The number of hydrogen-bond donors (Lipinski definition) is 2. The van der Waals surface area contributed by atoms with Gasteiger partial charge in [0.2, 0.25) is 0 Å². The molecule has 0 saturated heterocycles. The number of nitrogen functional groups attached to an aromatic ring is 1. The van der Waals surface area contributed by atoms with Crippen molar-refractivity contribution in [1.82, 2.24) is 9.78 Å². The predicted molar refractivity (Wildman–Crippen MR) is 75.9 cm³/mol. The number of nitrogens with zero attached hydrogens (tertiary/aromatic N) is 2. The predicted octanol–water partition coefficient (Wildman–Crippen LogP) is 1.98. The lowest BCUT2D eigenvalue weighted by Gasteiger charge is -2.07. The molecule has 0 atom stereocenters. The van der Waals surface area contributed by atoms with Crippen LogP contribution in [0, 0.1) is 0 Å². The van der Waals surface area contributed by atoms with Gasteiger partial charge in [-0.2, -0.15) is 5.10 Å². The Hall–Kier alpha value is -2.54. The molecule has 8 heteroatoms. The Balaban J connectivity index is 2.46. The maximum absolute atomic E-state index is 11.7. The van der Waals surface area contributed by atoms with Crippen LogP contribution in [0.3, 0.4) is 0 Å². The smallest absolute Gasteiger partial charge is 0.343 e. The zero-order valence-electron chi connectivity index (χ0n) is 11.0. The fourth-order valence-electron chi connectivity index (χ4n) is 1.74. The number of benzene rings is 1. The second kappa shape index (κ2) is 5.84. The van der Waals surface area contributed by atoms with Crippen molar-refractivity contribution in [1.29, 1.82) is 0 Å². The van der Waals surface area contributed by atoms with E-state index < -0.39 is 11.9 Å². The van der Waals surface area contributed by atoms with E-state index in [1.807, 2.05) is 0 Å². The SMILES string of the molecule is CCOC(=O)c1cnn(-c2ccc(Cl)c(C(=O)O)c2)c1N. The summed E-state index contributed by atoms with van der Waals surface area (Å²) in [6, 6.07) is 4.29. The molecule has 1 aromatic heterocycles. The van der Waals surface area contributed by atoms with Gasteiger partial charge in [0.15, 0.2) is 0 Å². The number of carbonyl (C=O) groups excluding carboxylic acids is 1. The number of carbonyl (C=O) groups is 2. The molecule has 0 spiro atoms. The summed E-state index contributed by atoms with van der Waals surface area (Å²) in [5, 5.41) is 13.1. The number of ether oxygens (including phenoxy) is 1. The van der Waals surface area contributed by atoms with Crippen LogP contribution >= 0.6 is 11.6 Å². The second-order valence-corrected chi connectivity index (χ2v) is 4.45. The van der Waals surface area contributed by atoms with Gasteiger partial charge >= 0.3 is 11.9 Å². The molecule has 2 rings (SSSR count). The monoisotopic (exact) mass is 309 g/mol. The first kappa shape index (κ1) is 14.9. The van der Waals surface area contributed by atoms with Crippen LogP contribution in [0.1, 0.15) is 27.6 Å². The quantitative estimate of drug-likeness (QED) is 0.836. The topological polar surface area (TPSA) is 107 Å². The highest BCUT2D eigenvalue weighted by Crippen LogP contribution is 2.23. The van der Waals surface area contributed by atoms with Crippen LogP contribution in [0.25, 0.3) is 5.69 Å². The van der Waals surface area contributed by atoms with E-state index >= 15 is 0 Å². The van der Waals surface area contributed by atoms with E-state index in [4.69, 9.17) is 27.2 Å². The number of carboxylic acids is 1. The fraction of sp³-hybridized carbons (Fsp3) is 0.154. The van der Waals surface area contributed by atoms with Gasteiger partial charge in [-0.1, -0.05) is 11.6 Å². The van der Waals surface area contributed by atoms with Crippen molar-refractivity contribution in [2.75, 3.05) is 12.3 Å². The number of aromatic nitrogens is 2. The normalized spacial score (nSPS) is 10.4. The highest BCUT2D eigenvalue weighted by atomic mass is 35.5. The summed E-state index contributed by atoms with van der Waals surface area (Å²) < 4.78 is 6.10. The molecule has 110 valence electrons. The number of carboxylic acid groups (broad SMARTS) is 1. The van der Waals surface area contributed by atoms with E-state index in [1.54, 1.807) is 13.0 Å². The number of anilines is 1. The Bertz CT molecular complexity index is 711. The number of hydrogen-bond acceptors (Lipinski definition) is 5. The Morgan fingerprint density at radius 2 is 2.14 bits per heavy atom. The minimum atomic E-state index is -1.17. The first-order valence-electron chi connectivity index (χ1n) is 5.99. The van der Waals surface area contributed by atoms with Gasteiger partial charge < -0.3 is 15.6 Å². The number of aromatic carboxylic acids is 1. The van der Waals surface area contributed by atoms with Crippen LogP contribution in [-0.2, 0) is 4.74 Å². The Morgan fingerprint density at radius 1 is 1.43 bits per heavy atom. The number of esters is 1. The van der Waals surface area contributed by atoms with Gasteiger partial charge in [-0.3, -0.25) is 0 Å². The van der Waals surface area contributed by atoms with E-state index in [-0.39, 0.29) is 28.6 Å². The highest BCUT2D eigenvalue weighted by Gasteiger charge is 2.18. The molecule has 0 aliphatic rings. The van der Waals surface area contributed by atoms with Gasteiger partial charge in [0.05, 0.1) is 29.1 Å². The largest absolute Gasteiger partial charge is 0.478 e. The van der Waals surface area contributed by atoms with Gasteiger partial charge in [-0.25, -0.2) is 14.3 Å². The molecular weight excluding hydrogens is 298 g/mol. The van der Waals surface area contributed by atoms with Crippen LogP contribution < -0.4 is 5.73 Å². The zero-order valence-corrected chi connectivity index (χ0v) is 11.8. The third kappa shape index (κ3) is 2.82. The van der Waals surface area contributed by atoms with E-state index in [2.05, 4.69) is 5.10 Å². The van der Waals surface area contributed by atoms with Crippen LogP contribution in [0.15, 0.2) is 24.4 Å². The molecular formula is C13H12ClN3O4. The molecule has 21 heavy (non-hydrogen) atoms. The zero-order chi connectivity index (χ0) is 15.6. The summed E-state index contributed by atoms with van der Waals surface area (Å²) in [5.74, 6) is -1.70. The summed E-state index contributed by atoms with van der Waals surface area (Å²) in [5.41, 5.74) is 6.26. The van der Waals surface area contributed by atoms with Crippen molar-refractivity contribution in [3.63, 3.8) is 0 Å². The average Bonchev–Trinajstić information content (AvgIpc) is 2.81. The standard InChI is InChI=1S/C13H12ClN3O4/c1-2-21-13(20)9-6-16-17(11(9)15)7-3-4-10(14)8(5-7)12(18)19/h3-6H,2,15H2,1H3,(H,18,19). The van der Waals surface area contributed by atoms with Crippen LogP contribution in [0.4, 0.5) is 5.82 Å². The minimum Gasteiger partial charge on any atom is -0.478 e. The molecule has 3 N–H and O–H groups in total. The van der Waals surface area contributed by atoms with Gasteiger partial charge in [0.1, 0.15) is 11.4 Å². The van der Waals surface area contributed by atoms with Crippen molar-refractivity contribution in [3.05, 3.63) is 40.5 Å². The van der Waals surface area contributed by atoms with Crippen molar-refractivity contribution in [2.24, 2.45) is 0 Å². The molecule has 0 saturated carbocycles. The molecule has 0 amide bonds. The third-order valence-corrected chi connectivity index (χ3v) is 3.06. The average molecular weight is 310 g/mol. The third-order valence-electron chi connectivity index (χ3n) is 2.73. The van der Waals surface area contributed by atoms with Crippen LogP contribution in [0.5, 0.6) is 0 Å². The summed E-state index contributed by atoms with van der Waals surface area (Å²) in [7, 11) is 0. The molecule has 0 fully saturated rings. The molecule has 0 radical (unpaired) electrons. The molecule has 0 unspecified atom stereocenters. The molecule has 7 nitrogen and oxygen atoms in total. The Morgan fingerprint density at radius 3 is 2.76 bits per heavy atom. The van der Waals surface area contributed by atoms with Crippen molar-refractivity contribution in [3.8, 4) is 5.69 Å². The first-order chi connectivity index (χ1) is 9.95. The maximum Gasteiger partial charge on any atom is 0.343 e. The number of rotatable bonds is 4.